The van der Waals surface area contributed by atoms with Crippen LogP contribution in [0.15, 0.2) is 36.8 Å². The van der Waals surface area contributed by atoms with Crippen molar-refractivity contribution < 1.29 is 5.11 Å². The number of nitrogens with zero attached hydrogens (tertiary/aromatic N) is 4. The Morgan fingerprint density at radius 2 is 2.00 bits per heavy atom. The highest BCUT2D eigenvalue weighted by Gasteiger charge is 2.07. The van der Waals surface area contributed by atoms with Crippen molar-refractivity contribution in [2.75, 3.05) is 11.4 Å². The fourth-order valence-corrected chi connectivity index (χ4v) is 1.63. The van der Waals surface area contributed by atoms with Crippen molar-refractivity contribution in [2.24, 2.45) is 0 Å². The largest absolute Gasteiger partial charge is 0.390 e. The SMILES string of the molecule is CCN(Cc1ccccn1)c1cnc(CO)cn1. The number of pyridine rings is 1. The average Bonchev–Trinajstić information content (AvgIpc) is 2.46. The van der Waals surface area contributed by atoms with Crippen molar-refractivity contribution in [1.82, 2.24) is 15.0 Å². The van der Waals surface area contributed by atoms with E-state index >= 15 is 0 Å². The highest BCUT2D eigenvalue weighted by atomic mass is 16.3. The Hall–Kier alpha value is -2.01. The Morgan fingerprint density at radius 1 is 1.11 bits per heavy atom. The van der Waals surface area contributed by atoms with E-state index in [0.717, 1.165) is 18.1 Å². The van der Waals surface area contributed by atoms with Gasteiger partial charge in [0.15, 0.2) is 0 Å². The lowest BCUT2D eigenvalue weighted by molar-refractivity contribution is 0.276. The predicted molar refractivity (Wildman–Crippen MR) is 68.9 cm³/mol. The van der Waals surface area contributed by atoms with Crippen molar-refractivity contribution in [1.29, 1.82) is 0 Å². The van der Waals surface area contributed by atoms with E-state index in [4.69, 9.17) is 5.11 Å². The molecule has 0 radical (unpaired) electrons. The van der Waals surface area contributed by atoms with Crippen molar-refractivity contribution in [3.05, 3.63) is 48.2 Å². The maximum Gasteiger partial charge on any atom is 0.147 e. The third-order valence-corrected chi connectivity index (χ3v) is 2.64. The summed E-state index contributed by atoms with van der Waals surface area (Å²) in [7, 11) is 0. The van der Waals surface area contributed by atoms with Gasteiger partial charge in [-0.3, -0.25) is 9.97 Å². The van der Waals surface area contributed by atoms with E-state index in [1.165, 1.54) is 0 Å². The summed E-state index contributed by atoms with van der Waals surface area (Å²) in [4.78, 5) is 14.8. The van der Waals surface area contributed by atoms with Gasteiger partial charge in [-0.25, -0.2) is 4.98 Å². The van der Waals surface area contributed by atoms with Crippen LogP contribution in [0, 0.1) is 0 Å². The molecular formula is C13H16N4O. The summed E-state index contributed by atoms with van der Waals surface area (Å²) in [6, 6.07) is 5.85. The zero-order valence-corrected chi connectivity index (χ0v) is 10.3. The van der Waals surface area contributed by atoms with Gasteiger partial charge < -0.3 is 10.0 Å². The van der Waals surface area contributed by atoms with Crippen LogP contribution in [0.4, 0.5) is 5.82 Å². The molecule has 2 heterocycles. The first-order valence-corrected chi connectivity index (χ1v) is 5.90. The summed E-state index contributed by atoms with van der Waals surface area (Å²) in [6.45, 7) is 3.50. The number of anilines is 1. The van der Waals surface area contributed by atoms with Crippen LogP contribution in [-0.2, 0) is 13.2 Å². The average molecular weight is 244 g/mol. The molecule has 0 aromatic carbocycles. The van der Waals surface area contributed by atoms with Gasteiger partial charge in [-0.1, -0.05) is 6.07 Å². The molecule has 0 fully saturated rings. The molecule has 94 valence electrons. The third-order valence-electron chi connectivity index (χ3n) is 2.64. The smallest absolute Gasteiger partial charge is 0.147 e. The van der Waals surface area contributed by atoms with E-state index in [0.29, 0.717) is 12.2 Å². The molecule has 0 bridgehead atoms. The number of aromatic nitrogens is 3. The molecule has 0 saturated carbocycles. The maximum absolute atomic E-state index is 8.93. The van der Waals surface area contributed by atoms with Crippen LogP contribution in [0.2, 0.25) is 0 Å². The van der Waals surface area contributed by atoms with E-state index in [1.54, 1.807) is 18.6 Å². The molecule has 18 heavy (non-hydrogen) atoms. The lowest BCUT2D eigenvalue weighted by Crippen LogP contribution is -2.23. The zero-order chi connectivity index (χ0) is 12.8. The molecule has 0 unspecified atom stereocenters. The van der Waals surface area contributed by atoms with E-state index in [-0.39, 0.29) is 6.61 Å². The monoisotopic (exact) mass is 244 g/mol. The Labute approximate surface area is 106 Å². The van der Waals surface area contributed by atoms with Crippen LogP contribution in [0.5, 0.6) is 0 Å². The zero-order valence-electron chi connectivity index (χ0n) is 10.3. The van der Waals surface area contributed by atoms with E-state index in [2.05, 4.69) is 26.8 Å². The summed E-state index contributed by atoms with van der Waals surface area (Å²) in [6.07, 6.45) is 5.05. The normalized spacial score (nSPS) is 10.3. The van der Waals surface area contributed by atoms with Crippen molar-refractivity contribution in [3.8, 4) is 0 Å². The summed E-state index contributed by atoms with van der Waals surface area (Å²) in [5, 5.41) is 8.93. The maximum atomic E-state index is 8.93. The van der Waals surface area contributed by atoms with Crippen LogP contribution < -0.4 is 4.90 Å². The third kappa shape index (κ3) is 3.01. The second-order valence-electron chi connectivity index (χ2n) is 3.86. The van der Waals surface area contributed by atoms with Gasteiger partial charge in [-0.05, 0) is 19.1 Å². The molecule has 0 saturated heterocycles. The summed E-state index contributed by atoms with van der Waals surface area (Å²) in [5.41, 5.74) is 1.57. The van der Waals surface area contributed by atoms with Crippen molar-refractivity contribution >= 4 is 5.82 Å². The molecule has 5 nitrogen and oxygen atoms in total. The topological polar surface area (TPSA) is 62.1 Å². The van der Waals surface area contributed by atoms with Gasteiger partial charge in [0.25, 0.3) is 0 Å². The molecule has 0 atom stereocenters. The number of hydrogen-bond donors (Lipinski definition) is 1. The fraction of sp³-hybridized carbons (Fsp3) is 0.308. The minimum absolute atomic E-state index is 0.0837. The molecule has 0 spiro atoms. The quantitative estimate of drug-likeness (QED) is 0.861. The Balaban J connectivity index is 2.12. The van der Waals surface area contributed by atoms with Gasteiger partial charge in [0.2, 0.25) is 0 Å². The van der Waals surface area contributed by atoms with E-state index in [9.17, 15) is 0 Å². The van der Waals surface area contributed by atoms with Crippen molar-refractivity contribution in [3.63, 3.8) is 0 Å². The van der Waals surface area contributed by atoms with Crippen LogP contribution in [-0.4, -0.2) is 26.6 Å². The molecule has 1 N–H and O–H groups in total. The number of hydrogen-bond acceptors (Lipinski definition) is 5. The van der Waals surface area contributed by atoms with Gasteiger partial charge in [0.05, 0.1) is 36.9 Å². The number of rotatable bonds is 5. The summed E-state index contributed by atoms with van der Waals surface area (Å²) < 4.78 is 0. The standard InChI is InChI=1S/C13H16N4O/c1-2-17(9-11-5-3-4-6-14-11)13-8-15-12(10-18)7-16-13/h3-8,18H,2,9-10H2,1H3. The summed E-state index contributed by atoms with van der Waals surface area (Å²) >= 11 is 0. The molecule has 2 aromatic rings. The van der Waals surface area contributed by atoms with Gasteiger partial charge >= 0.3 is 0 Å². The Kier molecular flexibility index (Phi) is 4.20. The van der Waals surface area contributed by atoms with Crippen LogP contribution in [0.25, 0.3) is 0 Å². The molecular weight excluding hydrogens is 228 g/mol. The van der Waals surface area contributed by atoms with Gasteiger partial charge in [-0.2, -0.15) is 0 Å². The fourth-order valence-electron chi connectivity index (χ4n) is 1.63. The molecule has 0 aliphatic rings. The van der Waals surface area contributed by atoms with E-state index in [1.807, 2.05) is 18.2 Å². The highest BCUT2D eigenvalue weighted by Crippen LogP contribution is 2.12. The molecule has 0 aliphatic heterocycles. The molecule has 2 rings (SSSR count). The van der Waals surface area contributed by atoms with Gasteiger partial charge in [-0.15, -0.1) is 0 Å². The lowest BCUT2D eigenvalue weighted by atomic mass is 10.3. The minimum Gasteiger partial charge on any atom is -0.390 e. The van der Waals surface area contributed by atoms with Gasteiger partial charge in [0.1, 0.15) is 5.82 Å². The highest BCUT2D eigenvalue weighted by molar-refractivity contribution is 5.36. The van der Waals surface area contributed by atoms with E-state index < -0.39 is 0 Å². The number of aliphatic hydroxyl groups excluding tert-OH is 1. The van der Waals surface area contributed by atoms with Crippen LogP contribution in [0.1, 0.15) is 18.3 Å². The first kappa shape index (κ1) is 12.4. The van der Waals surface area contributed by atoms with Crippen molar-refractivity contribution in [2.45, 2.75) is 20.1 Å². The molecule has 2 aromatic heterocycles. The minimum atomic E-state index is -0.0837. The second-order valence-corrected chi connectivity index (χ2v) is 3.86. The number of aliphatic hydroxyl groups is 1. The summed E-state index contributed by atoms with van der Waals surface area (Å²) in [5.74, 6) is 0.792. The second kappa shape index (κ2) is 6.07. The van der Waals surface area contributed by atoms with Gasteiger partial charge in [0, 0.05) is 12.7 Å². The Bertz CT molecular complexity index is 472. The van der Waals surface area contributed by atoms with Crippen LogP contribution in [0.3, 0.4) is 0 Å². The van der Waals surface area contributed by atoms with Crippen LogP contribution >= 0.6 is 0 Å². The molecule has 0 aliphatic carbocycles. The molecule has 5 heteroatoms. The first-order valence-electron chi connectivity index (χ1n) is 5.90. The molecule has 0 amide bonds. The first-order chi connectivity index (χ1) is 8.83. The lowest BCUT2D eigenvalue weighted by Gasteiger charge is -2.21. The Morgan fingerprint density at radius 3 is 2.56 bits per heavy atom. The predicted octanol–water partition coefficient (Wildman–Crippen LogP) is 1.39.